The van der Waals surface area contributed by atoms with Crippen molar-refractivity contribution < 1.29 is 14.6 Å². The molecule has 0 amide bonds. The van der Waals surface area contributed by atoms with Gasteiger partial charge in [-0.2, -0.15) is 0 Å². The Balaban J connectivity index is 2.88. The van der Waals surface area contributed by atoms with Gasteiger partial charge in [-0.25, -0.2) is 0 Å². The SMILES string of the molecule is CCCCOCCNCCCC(=O)O. The standard InChI is InChI=1S/C10H21NO3/c1-2-3-8-14-9-7-11-6-4-5-10(12)13/h11H,2-9H2,1H3,(H,12,13). The molecule has 14 heavy (non-hydrogen) atoms. The van der Waals surface area contributed by atoms with Crippen LogP contribution in [-0.4, -0.2) is 37.4 Å². The summed E-state index contributed by atoms with van der Waals surface area (Å²) in [5.41, 5.74) is 0. The molecule has 0 rings (SSSR count). The zero-order valence-corrected chi connectivity index (χ0v) is 8.92. The van der Waals surface area contributed by atoms with Gasteiger partial charge in [0.1, 0.15) is 0 Å². The van der Waals surface area contributed by atoms with E-state index in [1.54, 1.807) is 0 Å². The van der Waals surface area contributed by atoms with Crippen molar-refractivity contribution in [1.82, 2.24) is 5.32 Å². The average molecular weight is 203 g/mol. The van der Waals surface area contributed by atoms with E-state index in [2.05, 4.69) is 12.2 Å². The van der Waals surface area contributed by atoms with E-state index in [1.165, 1.54) is 0 Å². The van der Waals surface area contributed by atoms with Gasteiger partial charge in [0.25, 0.3) is 0 Å². The number of nitrogens with one attached hydrogen (secondary N) is 1. The first-order valence-corrected chi connectivity index (χ1v) is 5.27. The van der Waals surface area contributed by atoms with Gasteiger partial charge in [-0.1, -0.05) is 13.3 Å². The normalized spacial score (nSPS) is 10.4. The van der Waals surface area contributed by atoms with Crippen LogP contribution in [0.5, 0.6) is 0 Å². The Morgan fingerprint density at radius 3 is 2.71 bits per heavy atom. The van der Waals surface area contributed by atoms with Gasteiger partial charge in [0, 0.05) is 19.6 Å². The summed E-state index contributed by atoms with van der Waals surface area (Å²) in [4.78, 5) is 10.2. The second-order valence-corrected chi connectivity index (χ2v) is 3.21. The van der Waals surface area contributed by atoms with E-state index in [-0.39, 0.29) is 6.42 Å². The lowest BCUT2D eigenvalue weighted by Crippen LogP contribution is -2.21. The summed E-state index contributed by atoms with van der Waals surface area (Å²) in [6.07, 6.45) is 3.19. The Kier molecular flexibility index (Phi) is 10.0. The van der Waals surface area contributed by atoms with E-state index in [0.29, 0.717) is 13.0 Å². The highest BCUT2D eigenvalue weighted by molar-refractivity contribution is 5.66. The molecule has 0 aromatic heterocycles. The molecule has 0 aromatic rings. The molecular weight excluding hydrogens is 182 g/mol. The van der Waals surface area contributed by atoms with Crippen molar-refractivity contribution in [2.24, 2.45) is 0 Å². The number of hydrogen-bond donors (Lipinski definition) is 2. The van der Waals surface area contributed by atoms with Crippen molar-refractivity contribution >= 4 is 5.97 Å². The summed E-state index contributed by atoms with van der Waals surface area (Å²) in [5.74, 6) is -0.731. The maximum atomic E-state index is 10.2. The van der Waals surface area contributed by atoms with Crippen LogP contribution < -0.4 is 5.32 Å². The molecule has 4 nitrogen and oxygen atoms in total. The Bertz CT molecular complexity index is 139. The van der Waals surface area contributed by atoms with E-state index in [4.69, 9.17) is 9.84 Å². The van der Waals surface area contributed by atoms with Crippen molar-refractivity contribution in [2.75, 3.05) is 26.3 Å². The second-order valence-electron chi connectivity index (χ2n) is 3.21. The molecule has 0 aliphatic carbocycles. The molecule has 0 unspecified atom stereocenters. The maximum absolute atomic E-state index is 10.2. The van der Waals surface area contributed by atoms with E-state index in [9.17, 15) is 4.79 Å². The highest BCUT2D eigenvalue weighted by atomic mass is 16.5. The first-order chi connectivity index (χ1) is 6.77. The molecule has 0 bridgehead atoms. The predicted molar refractivity (Wildman–Crippen MR) is 55.5 cm³/mol. The van der Waals surface area contributed by atoms with Gasteiger partial charge in [-0.05, 0) is 19.4 Å². The third-order valence-electron chi connectivity index (χ3n) is 1.81. The van der Waals surface area contributed by atoms with Crippen molar-refractivity contribution in [3.8, 4) is 0 Å². The molecule has 0 heterocycles. The van der Waals surface area contributed by atoms with Crippen LogP contribution in [0.25, 0.3) is 0 Å². The zero-order valence-electron chi connectivity index (χ0n) is 8.92. The number of hydrogen-bond acceptors (Lipinski definition) is 3. The molecule has 0 saturated heterocycles. The van der Waals surface area contributed by atoms with Crippen LogP contribution in [0.2, 0.25) is 0 Å². The van der Waals surface area contributed by atoms with Gasteiger partial charge < -0.3 is 15.2 Å². The van der Waals surface area contributed by atoms with Gasteiger partial charge in [-0.3, -0.25) is 4.79 Å². The summed E-state index contributed by atoms with van der Waals surface area (Å²) < 4.78 is 5.32. The summed E-state index contributed by atoms with van der Waals surface area (Å²) in [6.45, 7) is 5.24. The lowest BCUT2D eigenvalue weighted by atomic mass is 10.3. The number of carboxylic acids is 1. The molecule has 4 heteroatoms. The number of rotatable bonds is 10. The first-order valence-electron chi connectivity index (χ1n) is 5.27. The molecule has 0 aliphatic heterocycles. The summed E-state index contributed by atoms with van der Waals surface area (Å²) in [6, 6.07) is 0. The molecule has 84 valence electrons. The Morgan fingerprint density at radius 2 is 2.07 bits per heavy atom. The molecule has 0 fully saturated rings. The van der Waals surface area contributed by atoms with E-state index < -0.39 is 5.97 Å². The summed E-state index contributed by atoms with van der Waals surface area (Å²) >= 11 is 0. The van der Waals surface area contributed by atoms with Gasteiger partial charge >= 0.3 is 5.97 Å². The molecular formula is C10H21NO3. The monoisotopic (exact) mass is 203 g/mol. The van der Waals surface area contributed by atoms with Gasteiger partial charge in [-0.15, -0.1) is 0 Å². The van der Waals surface area contributed by atoms with Crippen LogP contribution in [0.3, 0.4) is 0 Å². The fourth-order valence-corrected chi connectivity index (χ4v) is 0.982. The number of carbonyl (C=O) groups is 1. The summed E-state index contributed by atoms with van der Waals surface area (Å²) in [5, 5.41) is 11.5. The number of ether oxygens (including phenoxy) is 1. The summed E-state index contributed by atoms with van der Waals surface area (Å²) in [7, 11) is 0. The predicted octanol–water partition coefficient (Wildman–Crippen LogP) is 1.26. The van der Waals surface area contributed by atoms with Crippen LogP contribution in [-0.2, 0) is 9.53 Å². The smallest absolute Gasteiger partial charge is 0.303 e. The molecule has 0 aromatic carbocycles. The first kappa shape index (κ1) is 13.4. The van der Waals surface area contributed by atoms with Crippen molar-refractivity contribution in [3.63, 3.8) is 0 Å². The van der Waals surface area contributed by atoms with Crippen LogP contribution >= 0.6 is 0 Å². The fourth-order valence-electron chi connectivity index (χ4n) is 0.982. The minimum absolute atomic E-state index is 0.240. The van der Waals surface area contributed by atoms with Crippen molar-refractivity contribution in [3.05, 3.63) is 0 Å². The highest BCUT2D eigenvalue weighted by Gasteiger charge is 1.95. The van der Waals surface area contributed by atoms with E-state index in [0.717, 1.165) is 32.5 Å². The largest absolute Gasteiger partial charge is 0.481 e. The molecule has 0 saturated carbocycles. The van der Waals surface area contributed by atoms with Crippen LogP contribution in [0.15, 0.2) is 0 Å². The molecule has 0 aliphatic rings. The minimum Gasteiger partial charge on any atom is -0.481 e. The van der Waals surface area contributed by atoms with E-state index >= 15 is 0 Å². The third kappa shape index (κ3) is 11.4. The van der Waals surface area contributed by atoms with Crippen molar-refractivity contribution in [1.29, 1.82) is 0 Å². The molecule has 2 N–H and O–H groups in total. The van der Waals surface area contributed by atoms with Gasteiger partial charge in [0.15, 0.2) is 0 Å². The molecule has 0 radical (unpaired) electrons. The number of aliphatic carboxylic acids is 1. The lowest BCUT2D eigenvalue weighted by Gasteiger charge is -2.04. The average Bonchev–Trinajstić information content (AvgIpc) is 2.15. The van der Waals surface area contributed by atoms with Crippen LogP contribution in [0, 0.1) is 0 Å². The second kappa shape index (κ2) is 10.5. The topological polar surface area (TPSA) is 58.6 Å². The van der Waals surface area contributed by atoms with Crippen LogP contribution in [0.4, 0.5) is 0 Å². The molecule has 0 atom stereocenters. The Hall–Kier alpha value is -0.610. The van der Waals surface area contributed by atoms with Crippen molar-refractivity contribution in [2.45, 2.75) is 32.6 Å². The van der Waals surface area contributed by atoms with E-state index in [1.807, 2.05) is 0 Å². The van der Waals surface area contributed by atoms with Gasteiger partial charge in [0.05, 0.1) is 6.61 Å². The maximum Gasteiger partial charge on any atom is 0.303 e. The fraction of sp³-hybridized carbons (Fsp3) is 0.900. The minimum atomic E-state index is -0.731. The Morgan fingerprint density at radius 1 is 1.29 bits per heavy atom. The zero-order chi connectivity index (χ0) is 10.6. The molecule has 0 spiro atoms. The third-order valence-corrected chi connectivity index (χ3v) is 1.81. The highest BCUT2D eigenvalue weighted by Crippen LogP contribution is 1.87. The number of carboxylic acid groups (broad SMARTS) is 1. The lowest BCUT2D eigenvalue weighted by molar-refractivity contribution is -0.137. The Labute approximate surface area is 85.6 Å². The van der Waals surface area contributed by atoms with Gasteiger partial charge in [0.2, 0.25) is 0 Å². The van der Waals surface area contributed by atoms with Crippen LogP contribution in [0.1, 0.15) is 32.6 Å². The quantitative estimate of drug-likeness (QED) is 0.525. The number of unbranched alkanes of at least 4 members (excludes halogenated alkanes) is 1.